The maximum absolute atomic E-state index is 3.61. The van der Waals surface area contributed by atoms with Crippen LogP contribution >= 0.6 is 0 Å². The van der Waals surface area contributed by atoms with E-state index in [-0.39, 0.29) is 0 Å². The predicted molar refractivity (Wildman–Crippen MR) is 98.2 cm³/mol. The van der Waals surface area contributed by atoms with Gasteiger partial charge in [-0.2, -0.15) is 0 Å². The van der Waals surface area contributed by atoms with Crippen molar-refractivity contribution in [2.45, 2.75) is 74.7 Å². The summed E-state index contributed by atoms with van der Waals surface area (Å²) in [6.07, 6.45) is 0. The van der Waals surface area contributed by atoms with Crippen LogP contribution in [-0.4, -0.2) is 59.8 Å². The Labute approximate surface area is 152 Å². The Morgan fingerprint density at radius 2 is 1.10 bits per heavy atom. The minimum atomic E-state index is 0.485. The first-order valence-electron chi connectivity index (χ1n) is 7.13. The van der Waals surface area contributed by atoms with E-state index in [1.807, 2.05) is 0 Å². The van der Waals surface area contributed by atoms with Crippen molar-refractivity contribution in [3.63, 3.8) is 0 Å². The molecule has 0 nitrogen and oxygen atoms in total. The zero-order valence-electron chi connectivity index (χ0n) is 13.9. The molecule has 0 bridgehead atoms. The fraction of sp³-hybridized carbons (Fsp3) is 0.750. The van der Waals surface area contributed by atoms with Crippen molar-refractivity contribution < 1.29 is 0 Å². The number of allylic oxidation sites excluding steroid dienone is 1. The molecule has 20 heavy (non-hydrogen) atoms. The normalized spacial score (nSPS) is 11.2. The molecule has 0 saturated heterocycles. The van der Waals surface area contributed by atoms with Gasteiger partial charge in [0, 0.05) is 0 Å². The molecule has 0 fully saturated rings. The summed E-state index contributed by atoms with van der Waals surface area (Å²) >= 11 is 2.35. The Balaban J connectivity index is 5.28. The summed E-state index contributed by atoms with van der Waals surface area (Å²) in [4.78, 5) is 6.66. The summed E-state index contributed by atoms with van der Waals surface area (Å²) in [5.74, 6) is 3.61. The number of rotatable bonds is 7. The monoisotopic (exact) mass is 540 g/mol. The summed E-state index contributed by atoms with van der Waals surface area (Å²) in [7, 11) is 0. The van der Waals surface area contributed by atoms with Crippen molar-refractivity contribution in [3.8, 4) is 10.7 Å². The van der Waals surface area contributed by atoms with E-state index in [9.17, 15) is 0 Å². The van der Waals surface area contributed by atoms with Crippen LogP contribution in [-0.2, 0) is 0 Å². The van der Waals surface area contributed by atoms with Crippen molar-refractivity contribution >= 4 is 59.8 Å². The molecule has 0 heterocycles. The molecule has 0 radical (unpaired) electrons. The molecule has 0 unspecified atom stereocenters. The summed E-state index contributed by atoms with van der Waals surface area (Å²) < 4.78 is 3.34. The summed E-state index contributed by atoms with van der Waals surface area (Å²) in [6.45, 7) is 18.7. The van der Waals surface area contributed by atoms with E-state index in [1.165, 1.54) is 0 Å². The van der Waals surface area contributed by atoms with Gasteiger partial charge >= 0.3 is 153 Å². The van der Waals surface area contributed by atoms with Gasteiger partial charge in [-0.05, 0) is 0 Å². The van der Waals surface area contributed by atoms with Gasteiger partial charge in [-0.25, -0.2) is 0 Å². The van der Waals surface area contributed by atoms with E-state index in [0.717, 1.165) is 19.3 Å². The van der Waals surface area contributed by atoms with Gasteiger partial charge in [0.05, 0.1) is 0 Å². The van der Waals surface area contributed by atoms with Crippen molar-refractivity contribution in [3.05, 3.63) is 7.84 Å². The van der Waals surface area contributed by atoms with Gasteiger partial charge < -0.3 is 0 Å². The van der Waals surface area contributed by atoms with Crippen LogP contribution in [0, 0.1) is 10.7 Å². The Morgan fingerprint density at radius 3 is 1.45 bits per heavy atom. The molecular weight excluding hydrogens is 508 g/mol. The van der Waals surface area contributed by atoms with Gasteiger partial charge in [0.15, 0.2) is 0 Å². The number of hydrogen-bond acceptors (Lipinski definition) is 0. The molecule has 0 amide bonds. The molecule has 0 aliphatic carbocycles. The summed E-state index contributed by atoms with van der Waals surface area (Å²) in [5, 5.41) is 0. The van der Waals surface area contributed by atoms with E-state index in [2.05, 4.69) is 66.1 Å². The molecule has 0 N–H and O–H groups in total. The zero-order valence-corrected chi connectivity index (χ0v) is 20.8. The van der Waals surface area contributed by atoms with Crippen LogP contribution in [0.1, 0.15) is 55.4 Å². The molecule has 0 aliphatic heterocycles. The molecule has 0 spiro atoms. The molecule has 116 valence electrons. The first-order chi connectivity index (χ1) is 9.22. The Hall–Kier alpha value is 1.38. The fourth-order valence-corrected chi connectivity index (χ4v) is 13.2. The van der Waals surface area contributed by atoms with E-state index in [1.54, 1.807) is 7.84 Å². The molecule has 0 rings (SSSR count). The fourth-order valence-electron chi connectivity index (χ4n) is 1.12. The van der Waals surface area contributed by atoms with Crippen molar-refractivity contribution in [1.82, 2.24) is 0 Å². The van der Waals surface area contributed by atoms with Crippen LogP contribution in [0.2, 0.25) is 19.3 Å². The zero-order chi connectivity index (χ0) is 15.7. The average molecular weight is 536 g/mol. The second-order valence-electron chi connectivity index (χ2n) is 5.51. The Kier molecular flexibility index (Phi) is 12.7. The third-order valence-corrected chi connectivity index (χ3v) is 12.4. The molecule has 0 atom stereocenters. The molecule has 0 aromatic heterocycles. The third kappa shape index (κ3) is 12.0. The van der Waals surface area contributed by atoms with Gasteiger partial charge in [-0.3, -0.25) is 0 Å². The molecule has 0 aromatic rings. The standard InChI is InChI=1S/C16H28Se4/c1-11(2)17-10-9-15(18-12(3)4)16(19-13(5)6)20-14(7)8/h11-14H,1-8H3. The van der Waals surface area contributed by atoms with Gasteiger partial charge in [-0.1, -0.05) is 0 Å². The quantitative estimate of drug-likeness (QED) is 0.338. The van der Waals surface area contributed by atoms with Crippen LogP contribution in [0.4, 0.5) is 0 Å². The van der Waals surface area contributed by atoms with Gasteiger partial charge in [0.1, 0.15) is 0 Å². The predicted octanol–water partition coefficient (Wildman–Crippen LogP) is 4.25. The maximum atomic E-state index is 3.61. The van der Waals surface area contributed by atoms with E-state index in [4.69, 9.17) is 0 Å². The van der Waals surface area contributed by atoms with Crippen LogP contribution < -0.4 is 0 Å². The SMILES string of the molecule is CC(C)[Se]C#CC([Se]C(C)C)=C([Se]C(C)C)[Se]C(C)C. The summed E-state index contributed by atoms with van der Waals surface area (Å²) in [5.41, 5.74) is 0. The van der Waals surface area contributed by atoms with Gasteiger partial charge in [-0.15, -0.1) is 0 Å². The minimum absolute atomic E-state index is 0.485. The van der Waals surface area contributed by atoms with Crippen molar-refractivity contribution in [2.75, 3.05) is 0 Å². The first kappa shape index (κ1) is 21.4. The van der Waals surface area contributed by atoms with E-state index >= 15 is 0 Å². The second kappa shape index (κ2) is 11.9. The van der Waals surface area contributed by atoms with Crippen molar-refractivity contribution in [2.24, 2.45) is 0 Å². The van der Waals surface area contributed by atoms with E-state index in [0.29, 0.717) is 59.8 Å². The van der Waals surface area contributed by atoms with Gasteiger partial charge in [0.2, 0.25) is 0 Å². The Bertz CT molecular complexity index is 344. The van der Waals surface area contributed by atoms with Crippen LogP contribution in [0.5, 0.6) is 0 Å². The molecule has 0 aliphatic rings. The van der Waals surface area contributed by atoms with Crippen LogP contribution in [0.25, 0.3) is 0 Å². The summed E-state index contributed by atoms with van der Waals surface area (Å²) in [6, 6.07) is 0. The second-order valence-corrected chi connectivity index (χ2v) is 19.7. The molecular formula is C16H28Se4. The number of hydrogen-bond donors (Lipinski definition) is 0. The van der Waals surface area contributed by atoms with E-state index < -0.39 is 0 Å². The van der Waals surface area contributed by atoms with Crippen LogP contribution in [0.15, 0.2) is 7.84 Å². The van der Waals surface area contributed by atoms with Crippen LogP contribution in [0.3, 0.4) is 0 Å². The molecule has 0 saturated carbocycles. The average Bonchev–Trinajstić information content (AvgIpc) is 2.24. The van der Waals surface area contributed by atoms with Crippen molar-refractivity contribution in [1.29, 1.82) is 0 Å². The molecule has 4 heteroatoms. The Morgan fingerprint density at radius 1 is 0.650 bits per heavy atom. The van der Waals surface area contributed by atoms with Gasteiger partial charge in [0.25, 0.3) is 0 Å². The topological polar surface area (TPSA) is 0 Å². The first-order valence-corrected chi connectivity index (χ1v) is 14.5. The third-order valence-electron chi connectivity index (χ3n) is 1.68. The molecule has 0 aromatic carbocycles.